The zero-order chi connectivity index (χ0) is 23.4. The van der Waals surface area contributed by atoms with E-state index in [2.05, 4.69) is 32.6 Å². The lowest BCUT2D eigenvalue weighted by atomic mass is 10.0. The average molecular weight is 461 g/mol. The van der Waals surface area contributed by atoms with Crippen molar-refractivity contribution in [2.45, 2.75) is 59.8 Å². The van der Waals surface area contributed by atoms with Gasteiger partial charge in [0, 0.05) is 66.8 Å². The second kappa shape index (κ2) is 10.6. The summed E-state index contributed by atoms with van der Waals surface area (Å²) < 4.78 is 14.6. The third-order valence-corrected chi connectivity index (χ3v) is 6.55. The first-order valence-corrected chi connectivity index (χ1v) is 11.9. The number of hydrogen-bond donors (Lipinski definition) is 0. The molecular formula is C25H34ClFN4O. The minimum absolute atomic E-state index is 0.206. The third kappa shape index (κ3) is 5.58. The summed E-state index contributed by atoms with van der Waals surface area (Å²) in [6.45, 7) is 13.0. The minimum atomic E-state index is -0.321. The topological polar surface area (TPSA) is 49.3 Å². The Morgan fingerprint density at radius 1 is 1.12 bits per heavy atom. The summed E-state index contributed by atoms with van der Waals surface area (Å²) in [7, 11) is 0. The Bertz CT molecular complexity index is 937. The third-order valence-electron chi connectivity index (χ3n) is 6.19. The van der Waals surface area contributed by atoms with E-state index in [4.69, 9.17) is 21.6 Å². The van der Waals surface area contributed by atoms with Gasteiger partial charge in [-0.25, -0.2) is 14.4 Å². The molecule has 1 aliphatic heterocycles. The van der Waals surface area contributed by atoms with Crippen LogP contribution >= 0.6 is 11.6 Å². The molecule has 1 atom stereocenters. The van der Waals surface area contributed by atoms with Crippen molar-refractivity contribution in [3.05, 3.63) is 51.7 Å². The fourth-order valence-corrected chi connectivity index (χ4v) is 4.23. The smallest absolute Gasteiger partial charge is 0.222 e. The number of amides is 1. The van der Waals surface area contributed by atoms with E-state index >= 15 is 0 Å². The van der Waals surface area contributed by atoms with Gasteiger partial charge in [-0.05, 0) is 31.4 Å². The minimum Gasteiger partial charge on any atom is -0.353 e. The van der Waals surface area contributed by atoms with Crippen LogP contribution in [0.5, 0.6) is 0 Å². The first kappa shape index (κ1) is 24.4. The van der Waals surface area contributed by atoms with Gasteiger partial charge in [-0.15, -0.1) is 0 Å². The summed E-state index contributed by atoms with van der Waals surface area (Å²) in [6.07, 6.45) is 1.84. The predicted molar refractivity (Wildman–Crippen MR) is 128 cm³/mol. The van der Waals surface area contributed by atoms with Gasteiger partial charge in [-0.2, -0.15) is 0 Å². The molecule has 1 saturated heterocycles. The van der Waals surface area contributed by atoms with E-state index in [1.54, 1.807) is 12.1 Å². The summed E-state index contributed by atoms with van der Waals surface area (Å²) in [5.41, 5.74) is 2.21. The van der Waals surface area contributed by atoms with Crippen LogP contribution in [0.15, 0.2) is 18.2 Å². The molecule has 0 N–H and O–H groups in total. The van der Waals surface area contributed by atoms with Gasteiger partial charge in [0.15, 0.2) is 0 Å². The summed E-state index contributed by atoms with van der Waals surface area (Å²) in [5.74, 6) is 2.10. The van der Waals surface area contributed by atoms with E-state index in [-0.39, 0.29) is 17.6 Å². The van der Waals surface area contributed by atoms with E-state index in [9.17, 15) is 9.18 Å². The highest BCUT2D eigenvalue weighted by molar-refractivity contribution is 6.31. The van der Waals surface area contributed by atoms with Gasteiger partial charge >= 0.3 is 0 Å². The Balaban J connectivity index is 1.93. The van der Waals surface area contributed by atoms with Gasteiger partial charge in [0.05, 0.1) is 0 Å². The van der Waals surface area contributed by atoms with Crippen LogP contribution in [0.2, 0.25) is 5.02 Å². The molecule has 0 saturated carbocycles. The lowest BCUT2D eigenvalue weighted by molar-refractivity contribution is -0.132. The molecular weight excluding hydrogens is 427 g/mol. The molecule has 2 aromatic rings. The highest BCUT2D eigenvalue weighted by atomic mass is 35.5. The summed E-state index contributed by atoms with van der Waals surface area (Å²) in [5, 5.41) is 0.408. The van der Waals surface area contributed by atoms with Crippen molar-refractivity contribution in [2.75, 3.05) is 31.1 Å². The van der Waals surface area contributed by atoms with Gasteiger partial charge in [-0.3, -0.25) is 4.79 Å². The van der Waals surface area contributed by atoms with Crippen LogP contribution < -0.4 is 4.90 Å². The Hall–Kier alpha value is -2.21. The number of rotatable bonds is 7. The molecule has 7 heteroatoms. The highest BCUT2D eigenvalue weighted by Crippen LogP contribution is 2.30. The number of benzene rings is 1. The Labute approximate surface area is 196 Å². The van der Waals surface area contributed by atoms with Crippen molar-refractivity contribution < 1.29 is 9.18 Å². The molecule has 2 heterocycles. The lowest BCUT2D eigenvalue weighted by Gasteiger charge is -2.37. The van der Waals surface area contributed by atoms with Crippen molar-refractivity contribution in [1.82, 2.24) is 14.9 Å². The standard InChI is InChI=1S/C25H34ClFN4O/c1-6-17(4)24-28-18(5)19(15-20-21(26)8-7-9-22(20)27)25(29-24)31-12-10-30(11-13-31)23(32)14-16(2)3/h7-9,16-17H,6,10-15H2,1-5H3. The maximum atomic E-state index is 14.6. The molecule has 0 aliphatic carbocycles. The van der Waals surface area contributed by atoms with Crippen LogP contribution in [0.4, 0.5) is 10.2 Å². The van der Waals surface area contributed by atoms with Crippen molar-refractivity contribution in [2.24, 2.45) is 5.92 Å². The Morgan fingerprint density at radius 3 is 2.41 bits per heavy atom. The zero-order valence-corrected chi connectivity index (χ0v) is 20.5. The SMILES string of the molecule is CCC(C)c1nc(C)c(Cc2c(F)cccc2Cl)c(N2CCN(C(=O)CC(C)C)CC2)n1. The molecule has 1 aromatic carbocycles. The molecule has 0 spiro atoms. The van der Waals surface area contributed by atoms with Crippen molar-refractivity contribution in [3.8, 4) is 0 Å². The van der Waals surface area contributed by atoms with E-state index in [1.165, 1.54) is 6.07 Å². The molecule has 0 bridgehead atoms. The maximum absolute atomic E-state index is 14.6. The molecule has 0 radical (unpaired) electrons. The second-order valence-electron chi connectivity index (χ2n) is 9.12. The van der Waals surface area contributed by atoms with Crippen LogP contribution in [0, 0.1) is 18.7 Å². The van der Waals surface area contributed by atoms with Gasteiger partial charge in [0.2, 0.25) is 5.91 Å². The molecule has 5 nitrogen and oxygen atoms in total. The van der Waals surface area contributed by atoms with Gasteiger partial charge < -0.3 is 9.80 Å². The summed E-state index contributed by atoms with van der Waals surface area (Å²) in [4.78, 5) is 26.4. The first-order valence-electron chi connectivity index (χ1n) is 11.5. The second-order valence-corrected chi connectivity index (χ2v) is 9.53. The van der Waals surface area contributed by atoms with Gasteiger partial charge in [0.1, 0.15) is 17.5 Å². The lowest BCUT2D eigenvalue weighted by Crippen LogP contribution is -2.49. The molecule has 32 heavy (non-hydrogen) atoms. The fraction of sp³-hybridized carbons (Fsp3) is 0.560. The number of nitrogens with zero attached hydrogens (tertiary/aromatic N) is 4. The predicted octanol–water partition coefficient (Wildman–Crippen LogP) is 5.38. The van der Waals surface area contributed by atoms with Crippen molar-refractivity contribution in [3.63, 3.8) is 0 Å². The van der Waals surface area contributed by atoms with Crippen LogP contribution in [0.3, 0.4) is 0 Å². The van der Waals surface area contributed by atoms with Crippen LogP contribution in [-0.4, -0.2) is 47.0 Å². The number of carbonyl (C=O) groups excluding carboxylic acids is 1. The molecule has 1 amide bonds. The molecule has 174 valence electrons. The van der Waals surface area contributed by atoms with Crippen LogP contribution in [-0.2, 0) is 11.2 Å². The van der Waals surface area contributed by atoms with E-state index in [0.717, 1.165) is 29.3 Å². The van der Waals surface area contributed by atoms with Crippen molar-refractivity contribution in [1.29, 1.82) is 0 Å². The number of piperazine rings is 1. The molecule has 3 rings (SSSR count). The van der Waals surface area contributed by atoms with E-state index < -0.39 is 0 Å². The first-order chi connectivity index (χ1) is 15.2. The number of aromatic nitrogens is 2. The number of aryl methyl sites for hydroxylation is 1. The monoisotopic (exact) mass is 460 g/mol. The number of anilines is 1. The van der Waals surface area contributed by atoms with Crippen LogP contribution in [0.25, 0.3) is 0 Å². The highest BCUT2D eigenvalue weighted by Gasteiger charge is 2.26. The van der Waals surface area contributed by atoms with E-state index in [1.807, 2.05) is 11.8 Å². The van der Waals surface area contributed by atoms with Gasteiger partial charge in [-0.1, -0.05) is 45.4 Å². The van der Waals surface area contributed by atoms with Gasteiger partial charge in [0.25, 0.3) is 0 Å². The number of carbonyl (C=O) groups is 1. The molecule has 1 aromatic heterocycles. The van der Waals surface area contributed by atoms with E-state index in [0.29, 0.717) is 55.5 Å². The molecule has 1 fully saturated rings. The Kier molecular flexibility index (Phi) is 8.10. The average Bonchev–Trinajstić information content (AvgIpc) is 2.76. The van der Waals surface area contributed by atoms with Crippen LogP contribution in [0.1, 0.15) is 69.1 Å². The largest absolute Gasteiger partial charge is 0.353 e. The van der Waals surface area contributed by atoms with Crippen molar-refractivity contribution >= 4 is 23.3 Å². The number of halogens is 2. The summed E-state index contributed by atoms with van der Waals surface area (Å²) >= 11 is 6.33. The molecule has 1 aliphatic rings. The number of hydrogen-bond acceptors (Lipinski definition) is 4. The summed E-state index contributed by atoms with van der Waals surface area (Å²) in [6, 6.07) is 4.76. The fourth-order valence-electron chi connectivity index (χ4n) is 4.00. The zero-order valence-electron chi connectivity index (χ0n) is 19.8. The maximum Gasteiger partial charge on any atom is 0.222 e. The Morgan fingerprint density at radius 2 is 1.81 bits per heavy atom. The normalized spacial score (nSPS) is 15.4. The quantitative estimate of drug-likeness (QED) is 0.556. The molecule has 1 unspecified atom stereocenters.